The number of amides is 7. The van der Waals surface area contributed by atoms with Gasteiger partial charge in [-0.25, -0.2) is 0 Å². The Morgan fingerprint density at radius 1 is 0.836 bits per heavy atom. The highest BCUT2D eigenvalue weighted by Gasteiger charge is 2.44. The molecule has 1 fully saturated rings. The van der Waals surface area contributed by atoms with E-state index in [9.17, 15) is 38.7 Å². The quantitative estimate of drug-likeness (QED) is 0.0766. The number of carbonyl (C=O) groups is 7. The molecule has 1 aromatic carbocycles. The van der Waals surface area contributed by atoms with Crippen molar-refractivity contribution in [3.8, 4) is 0 Å². The Balaban J connectivity index is 1.69. The summed E-state index contributed by atoms with van der Waals surface area (Å²) < 4.78 is 12.4. The van der Waals surface area contributed by atoms with Gasteiger partial charge in [-0.05, 0) is 87.8 Å². The first kappa shape index (κ1) is 57.6. The van der Waals surface area contributed by atoms with Crippen LogP contribution in [0, 0.1) is 23.7 Å². The number of carbonyl (C=O) groups excluding carboxylic acids is 7. The molecular formula is C49H76Br2N6O10. The molecule has 0 aromatic heterocycles. The molecule has 3 N–H and O–H groups in total. The van der Waals surface area contributed by atoms with Crippen molar-refractivity contribution >= 4 is 73.2 Å². The molecule has 2 aliphatic rings. The molecule has 1 saturated heterocycles. The number of nitrogens with one attached hydrogen (secondary N) is 2. The summed E-state index contributed by atoms with van der Waals surface area (Å²) >= 11 is 6.26. The van der Waals surface area contributed by atoms with Crippen LogP contribution < -0.4 is 10.6 Å². The number of nitrogens with zero attached hydrogens (tertiary/aromatic N) is 4. The third kappa shape index (κ3) is 14.7. The number of likely N-dealkylation sites (N-methyl/N-ethyl adjacent to an activating group) is 2. The molecule has 1 aromatic rings. The van der Waals surface area contributed by atoms with Gasteiger partial charge in [0.25, 0.3) is 11.8 Å². The van der Waals surface area contributed by atoms with Crippen molar-refractivity contribution < 1.29 is 48.1 Å². The first-order valence-corrected chi connectivity index (χ1v) is 25.3. The fraction of sp³-hybridized carbons (Fsp3) is 0.694. The number of aliphatic hydroxyl groups excluding tert-OH is 1. The maximum absolute atomic E-state index is 14.6. The van der Waals surface area contributed by atoms with Crippen molar-refractivity contribution in [3.05, 3.63) is 44.9 Å². The highest BCUT2D eigenvalue weighted by molar-refractivity contribution is 9.14. The SMILES string of the molecule is CCC(C)C(C(CC(=O)N1CCC[C@H]1C(OC)C(C)C(=O)NC(C)C(O)c1ccccc1)OC)N(C)C(=O)C(NC(=O)C(C(C)C)N(C)C(=O)CCCCCN1C(=O)C(Br)=C(Br)C1=O)C(C)C. The van der Waals surface area contributed by atoms with E-state index in [4.69, 9.17) is 9.47 Å². The molecule has 0 spiro atoms. The second-order valence-electron chi connectivity index (χ2n) is 18.9. The molecule has 18 heteroatoms. The second-order valence-corrected chi connectivity index (χ2v) is 20.5. The summed E-state index contributed by atoms with van der Waals surface area (Å²) in [7, 11) is 6.31. The molecule has 10 atom stereocenters. The van der Waals surface area contributed by atoms with Gasteiger partial charge in [-0.2, -0.15) is 0 Å². The van der Waals surface area contributed by atoms with Gasteiger partial charge in [0.2, 0.25) is 29.5 Å². The van der Waals surface area contributed by atoms with Gasteiger partial charge in [0.15, 0.2) is 0 Å². The Morgan fingerprint density at radius 3 is 1.99 bits per heavy atom. The molecule has 9 unspecified atom stereocenters. The number of hydrogen-bond acceptors (Lipinski definition) is 10. The van der Waals surface area contributed by atoms with Crippen molar-refractivity contribution in [3.63, 3.8) is 0 Å². The van der Waals surface area contributed by atoms with Crippen molar-refractivity contribution in [2.75, 3.05) is 41.4 Å². The van der Waals surface area contributed by atoms with E-state index >= 15 is 0 Å². The van der Waals surface area contributed by atoms with Crippen LogP contribution in [0.5, 0.6) is 0 Å². The zero-order chi connectivity index (χ0) is 50.4. The standard InChI is InChI=1S/C49H76Br2N6O10/c1-13-30(6)42(35(66-11)27-37(59)56-26-20-23-34(56)44(67-12)31(7)45(61)52-32(8)43(60)33-21-16-14-17-22-33)55(10)49(65)40(28(2)3)53-46(62)41(29(4)5)54(9)36(58)24-18-15-19-25-57-47(63)38(50)39(51)48(57)64/h14,16-17,21-22,28-32,34-35,40-44,60H,13,15,18-20,23-27H2,1-12H3,(H,52,61)(H,53,62)/t30?,31?,32?,34-,35?,40?,41?,42?,43?,44?/m0/s1. The van der Waals surface area contributed by atoms with Crippen molar-refractivity contribution in [2.45, 2.75) is 155 Å². The first-order valence-electron chi connectivity index (χ1n) is 23.7. The fourth-order valence-corrected chi connectivity index (χ4v) is 10.1. The van der Waals surface area contributed by atoms with E-state index < -0.39 is 72.2 Å². The molecule has 2 aliphatic heterocycles. The predicted octanol–water partition coefficient (Wildman–Crippen LogP) is 5.70. The van der Waals surface area contributed by atoms with Crippen LogP contribution in [0.3, 0.4) is 0 Å². The fourth-order valence-electron chi connectivity index (χ4n) is 9.35. The highest BCUT2D eigenvalue weighted by atomic mass is 79.9. The van der Waals surface area contributed by atoms with E-state index in [2.05, 4.69) is 42.5 Å². The summed E-state index contributed by atoms with van der Waals surface area (Å²) in [5.41, 5.74) is 0.687. The molecular weight excluding hydrogens is 992 g/mol. The minimum Gasteiger partial charge on any atom is -0.386 e. The number of benzene rings is 1. The topological polar surface area (TPSA) is 195 Å². The van der Waals surface area contributed by atoms with E-state index in [1.165, 1.54) is 19.1 Å². The second kappa shape index (κ2) is 26.9. The number of aliphatic hydroxyl groups is 1. The van der Waals surface area contributed by atoms with Gasteiger partial charge < -0.3 is 39.9 Å². The third-order valence-electron chi connectivity index (χ3n) is 13.5. The number of rotatable bonds is 26. The number of unbranched alkanes of at least 4 members (excludes halogenated alkanes) is 2. The molecule has 67 heavy (non-hydrogen) atoms. The van der Waals surface area contributed by atoms with Gasteiger partial charge in [-0.1, -0.05) is 91.6 Å². The summed E-state index contributed by atoms with van der Waals surface area (Å²) in [6.45, 7) is 15.6. The third-order valence-corrected chi connectivity index (χ3v) is 15.5. The molecule has 376 valence electrons. The van der Waals surface area contributed by atoms with E-state index in [1.54, 1.807) is 49.9 Å². The number of ether oxygens (including phenoxy) is 2. The summed E-state index contributed by atoms with van der Waals surface area (Å²) in [6.07, 6.45) is 1.45. The number of halogens is 2. The van der Waals surface area contributed by atoms with Crippen LogP contribution in [0.4, 0.5) is 0 Å². The maximum atomic E-state index is 14.6. The molecule has 0 saturated carbocycles. The lowest BCUT2D eigenvalue weighted by molar-refractivity contribution is -0.148. The molecule has 0 radical (unpaired) electrons. The minimum atomic E-state index is -0.956. The van der Waals surface area contributed by atoms with Crippen molar-refractivity contribution in [1.29, 1.82) is 0 Å². The van der Waals surface area contributed by atoms with Crippen LogP contribution in [0.1, 0.15) is 118 Å². The summed E-state index contributed by atoms with van der Waals surface area (Å²) in [6, 6.07) is 5.76. The van der Waals surface area contributed by atoms with Gasteiger partial charge in [-0.15, -0.1) is 0 Å². The number of likely N-dealkylation sites (tertiary alicyclic amines) is 1. The average Bonchev–Trinajstić information content (AvgIpc) is 3.85. The van der Waals surface area contributed by atoms with Gasteiger partial charge in [0, 0.05) is 47.8 Å². The Bertz CT molecular complexity index is 1880. The normalized spacial score (nSPS) is 19.4. The lowest BCUT2D eigenvalue weighted by atomic mass is 9.89. The van der Waals surface area contributed by atoms with Gasteiger partial charge in [0.1, 0.15) is 21.0 Å². The largest absolute Gasteiger partial charge is 0.386 e. The zero-order valence-electron chi connectivity index (χ0n) is 41.6. The molecule has 0 aliphatic carbocycles. The Labute approximate surface area is 414 Å². The van der Waals surface area contributed by atoms with E-state index in [0.29, 0.717) is 50.6 Å². The van der Waals surface area contributed by atoms with Crippen LogP contribution in [0.25, 0.3) is 0 Å². The van der Waals surface area contributed by atoms with E-state index in [0.717, 1.165) is 4.90 Å². The summed E-state index contributed by atoms with van der Waals surface area (Å²) in [4.78, 5) is 101. The number of methoxy groups -OCH3 is 2. The molecule has 7 amide bonds. The monoisotopic (exact) mass is 1070 g/mol. The molecule has 0 bridgehead atoms. The maximum Gasteiger partial charge on any atom is 0.269 e. The summed E-state index contributed by atoms with van der Waals surface area (Å²) in [5.74, 6) is -3.75. The van der Waals surface area contributed by atoms with Gasteiger partial charge in [-0.3, -0.25) is 38.5 Å². The minimum absolute atomic E-state index is 0.0424. The van der Waals surface area contributed by atoms with E-state index in [1.807, 2.05) is 59.7 Å². The number of imide groups is 1. The Morgan fingerprint density at radius 2 is 1.45 bits per heavy atom. The van der Waals surface area contributed by atoms with Crippen molar-refractivity contribution in [2.24, 2.45) is 23.7 Å². The van der Waals surface area contributed by atoms with Crippen LogP contribution in [0.2, 0.25) is 0 Å². The average molecular weight is 1070 g/mol. The van der Waals surface area contributed by atoms with Crippen LogP contribution in [-0.4, -0.2) is 150 Å². The molecule has 3 rings (SSSR count). The van der Waals surface area contributed by atoms with Crippen LogP contribution in [0.15, 0.2) is 39.3 Å². The first-order chi connectivity index (χ1) is 31.5. The van der Waals surface area contributed by atoms with Crippen molar-refractivity contribution in [1.82, 2.24) is 30.2 Å². The summed E-state index contributed by atoms with van der Waals surface area (Å²) in [5, 5.41) is 16.8. The Kier molecular flexibility index (Phi) is 23.1. The lowest BCUT2D eigenvalue weighted by Gasteiger charge is -2.41. The lowest BCUT2D eigenvalue weighted by Crippen LogP contribution is -2.60. The zero-order valence-corrected chi connectivity index (χ0v) is 44.7. The van der Waals surface area contributed by atoms with E-state index in [-0.39, 0.29) is 69.7 Å². The smallest absolute Gasteiger partial charge is 0.269 e. The number of hydrogen-bond donors (Lipinski definition) is 3. The Hall–Kier alpha value is -3.71. The predicted molar refractivity (Wildman–Crippen MR) is 263 cm³/mol. The molecule has 16 nitrogen and oxygen atoms in total. The highest BCUT2D eigenvalue weighted by Crippen LogP contribution is 2.31. The van der Waals surface area contributed by atoms with Gasteiger partial charge in [0.05, 0.1) is 48.8 Å². The molecule has 2 heterocycles. The van der Waals surface area contributed by atoms with Crippen LogP contribution >= 0.6 is 31.9 Å². The van der Waals surface area contributed by atoms with Gasteiger partial charge >= 0.3 is 0 Å². The van der Waals surface area contributed by atoms with Crippen LogP contribution in [-0.2, 0) is 43.0 Å².